The molecule has 7 heteroatoms. The van der Waals surface area contributed by atoms with Crippen molar-refractivity contribution in [3.63, 3.8) is 0 Å². The summed E-state index contributed by atoms with van der Waals surface area (Å²) in [5.41, 5.74) is 0.474. The second-order valence-corrected chi connectivity index (χ2v) is 11.0. The molecule has 4 aliphatic heterocycles. The molecule has 0 bridgehead atoms. The number of fused-ring (bicyclic) bond motifs is 3. The lowest BCUT2D eigenvalue weighted by molar-refractivity contribution is -0.281. The summed E-state index contributed by atoms with van der Waals surface area (Å²) in [6, 6.07) is 0. The molecule has 4 heterocycles. The molecule has 0 radical (unpaired) electrons. The number of ketones is 1. The standard InChI is InChI=1S/C25H34O7/c26-18-11-16-13-25(28-14-17(16)12-18)20(19-15-27-23(30-19)7-3-1-4-8-23)29-22-21(25)31-24(32-22)9-5-2-6-10-24/h11,17,19-22H,1-10,12-15H2/t17-,19-,20-,21+,22-,25-/m1/s1. The molecule has 0 aromatic heterocycles. The molecule has 6 fully saturated rings. The number of ether oxygens (including phenoxy) is 6. The molecule has 0 amide bonds. The summed E-state index contributed by atoms with van der Waals surface area (Å²) in [5.74, 6) is -0.642. The molecule has 0 aromatic carbocycles. The van der Waals surface area contributed by atoms with E-state index in [-0.39, 0.29) is 30.0 Å². The molecule has 7 rings (SSSR count). The van der Waals surface area contributed by atoms with E-state index < -0.39 is 23.5 Å². The molecule has 2 saturated carbocycles. The molecule has 7 nitrogen and oxygen atoms in total. The van der Waals surface area contributed by atoms with E-state index in [2.05, 4.69) is 0 Å². The molecular weight excluding hydrogens is 412 g/mol. The Morgan fingerprint density at radius 2 is 1.53 bits per heavy atom. The van der Waals surface area contributed by atoms with Gasteiger partial charge in [-0.05, 0) is 31.8 Å². The number of carbonyl (C=O) groups excluding carboxylic acids is 1. The van der Waals surface area contributed by atoms with Crippen LogP contribution in [0.5, 0.6) is 0 Å². The van der Waals surface area contributed by atoms with Crippen molar-refractivity contribution in [2.24, 2.45) is 5.92 Å². The average Bonchev–Trinajstić information content (AvgIpc) is 3.52. The van der Waals surface area contributed by atoms with Gasteiger partial charge in [0.05, 0.1) is 13.2 Å². The van der Waals surface area contributed by atoms with Crippen molar-refractivity contribution in [3.8, 4) is 0 Å². The number of hydrogen-bond donors (Lipinski definition) is 0. The third-order valence-electron chi connectivity index (χ3n) is 8.96. The molecule has 3 spiro atoms. The highest BCUT2D eigenvalue weighted by atomic mass is 16.9. The summed E-state index contributed by atoms with van der Waals surface area (Å²) >= 11 is 0. The lowest BCUT2D eigenvalue weighted by Crippen LogP contribution is -2.59. The van der Waals surface area contributed by atoms with E-state index in [9.17, 15) is 4.79 Å². The summed E-state index contributed by atoms with van der Waals surface area (Å²) in [5, 5.41) is 0. The average molecular weight is 447 g/mol. The Morgan fingerprint density at radius 1 is 0.781 bits per heavy atom. The number of carbonyl (C=O) groups is 1. The first kappa shape index (κ1) is 20.5. The highest BCUT2D eigenvalue weighted by Gasteiger charge is 2.70. The van der Waals surface area contributed by atoms with E-state index in [0.29, 0.717) is 26.1 Å². The minimum atomic E-state index is -0.702. The lowest BCUT2D eigenvalue weighted by Gasteiger charge is -2.45. The van der Waals surface area contributed by atoms with Gasteiger partial charge in [0.2, 0.25) is 0 Å². The molecular formula is C25H34O7. The van der Waals surface area contributed by atoms with Crippen molar-refractivity contribution in [3.05, 3.63) is 11.6 Å². The van der Waals surface area contributed by atoms with Crippen molar-refractivity contribution in [1.82, 2.24) is 0 Å². The van der Waals surface area contributed by atoms with Crippen LogP contribution in [0.4, 0.5) is 0 Å². The van der Waals surface area contributed by atoms with E-state index in [4.69, 9.17) is 28.4 Å². The van der Waals surface area contributed by atoms with Crippen LogP contribution in [0.1, 0.15) is 77.0 Å². The first-order chi connectivity index (χ1) is 15.6. The quantitative estimate of drug-likeness (QED) is 0.610. The lowest BCUT2D eigenvalue weighted by atomic mass is 9.78. The molecule has 0 unspecified atom stereocenters. The molecule has 32 heavy (non-hydrogen) atoms. The molecule has 7 aliphatic rings. The maximum atomic E-state index is 12.2. The summed E-state index contributed by atoms with van der Waals surface area (Å²) in [7, 11) is 0. The van der Waals surface area contributed by atoms with Crippen LogP contribution in [0.25, 0.3) is 0 Å². The van der Waals surface area contributed by atoms with Gasteiger partial charge in [-0.15, -0.1) is 0 Å². The normalized spacial score (nSPS) is 46.7. The van der Waals surface area contributed by atoms with Crippen molar-refractivity contribution in [2.75, 3.05) is 13.2 Å². The Labute approximate surface area is 189 Å². The molecule has 176 valence electrons. The van der Waals surface area contributed by atoms with E-state index in [1.54, 1.807) is 0 Å². The van der Waals surface area contributed by atoms with Crippen LogP contribution in [0, 0.1) is 5.92 Å². The highest BCUT2D eigenvalue weighted by molar-refractivity contribution is 5.93. The van der Waals surface area contributed by atoms with Crippen molar-refractivity contribution in [1.29, 1.82) is 0 Å². The second kappa shape index (κ2) is 7.33. The monoisotopic (exact) mass is 446 g/mol. The maximum Gasteiger partial charge on any atom is 0.190 e. The van der Waals surface area contributed by atoms with E-state index in [1.807, 2.05) is 6.08 Å². The van der Waals surface area contributed by atoms with Crippen LogP contribution >= 0.6 is 0 Å². The number of rotatable bonds is 1. The predicted molar refractivity (Wildman–Crippen MR) is 112 cm³/mol. The van der Waals surface area contributed by atoms with Crippen LogP contribution in [-0.4, -0.2) is 60.8 Å². The van der Waals surface area contributed by atoms with Crippen LogP contribution < -0.4 is 0 Å². The largest absolute Gasteiger partial charge is 0.368 e. The third kappa shape index (κ3) is 3.05. The summed E-state index contributed by atoms with van der Waals surface area (Å²) in [6.07, 6.45) is 12.3. The highest BCUT2D eigenvalue weighted by Crippen LogP contribution is 2.56. The molecule has 0 aromatic rings. The second-order valence-electron chi connectivity index (χ2n) is 11.0. The summed E-state index contributed by atoms with van der Waals surface area (Å²) < 4.78 is 39.4. The van der Waals surface area contributed by atoms with Gasteiger partial charge in [-0.25, -0.2) is 0 Å². The fourth-order valence-electron chi connectivity index (χ4n) is 7.36. The first-order valence-electron chi connectivity index (χ1n) is 12.8. The maximum absolute atomic E-state index is 12.2. The van der Waals surface area contributed by atoms with Gasteiger partial charge in [0.15, 0.2) is 23.6 Å². The zero-order chi connectivity index (χ0) is 21.4. The van der Waals surface area contributed by atoms with E-state index in [1.165, 1.54) is 18.4 Å². The summed E-state index contributed by atoms with van der Waals surface area (Å²) in [6.45, 7) is 1.03. The molecule has 4 saturated heterocycles. The van der Waals surface area contributed by atoms with Crippen molar-refractivity contribution < 1.29 is 33.2 Å². The Kier molecular flexibility index (Phi) is 4.71. The predicted octanol–water partition coefficient (Wildman–Crippen LogP) is 3.54. The minimum Gasteiger partial charge on any atom is -0.368 e. The van der Waals surface area contributed by atoms with Gasteiger partial charge < -0.3 is 28.4 Å². The smallest absolute Gasteiger partial charge is 0.190 e. The van der Waals surface area contributed by atoms with Gasteiger partial charge >= 0.3 is 0 Å². The first-order valence-corrected chi connectivity index (χ1v) is 12.8. The van der Waals surface area contributed by atoms with Gasteiger partial charge in [0.1, 0.15) is 23.9 Å². The van der Waals surface area contributed by atoms with E-state index in [0.717, 1.165) is 51.4 Å². The zero-order valence-electron chi connectivity index (χ0n) is 18.7. The van der Waals surface area contributed by atoms with Crippen molar-refractivity contribution >= 4 is 5.78 Å². The van der Waals surface area contributed by atoms with Gasteiger partial charge in [-0.1, -0.05) is 18.4 Å². The SMILES string of the molecule is O=C1C=C2C[C@@]3(OC[C@H]2C1)[C@@H]([C@H]1COC2(CCCCC2)O1)O[C@@H]1OC2(CCCCC2)O[C@@H]13. The van der Waals surface area contributed by atoms with E-state index >= 15 is 0 Å². The zero-order valence-corrected chi connectivity index (χ0v) is 18.7. The minimum absolute atomic E-state index is 0.184. The van der Waals surface area contributed by atoms with Gasteiger partial charge in [-0.3, -0.25) is 4.79 Å². The Morgan fingerprint density at radius 3 is 2.31 bits per heavy atom. The Bertz CT molecular complexity index is 811. The van der Waals surface area contributed by atoms with Gasteiger partial charge in [-0.2, -0.15) is 0 Å². The topological polar surface area (TPSA) is 72.5 Å². The molecule has 0 N–H and O–H groups in total. The number of allylic oxidation sites excluding steroid dienone is 1. The third-order valence-corrected chi connectivity index (χ3v) is 8.96. The fourth-order valence-corrected chi connectivity index (χ4v) is 7.36. The molecule has 6 atom stereocenters. The number of hydrogen-bond acceptors (Lipinski definition) is 7. The van der Waals surface area contributed by atoms with Crippen LogP contribution in [0.2, 0.25) is 0 Å². The van der Waals surface area contributed by atoms with Crippen molar-refractivity contribution in [2.45, 2.75) is 119 Å². The fraction of sp³-hybridized carbons (Fsp3) is 0.880. The summed E-state index contributed by atoms with van der Waals surface area (Å²) in [4.78, 5) is 12.2. The van der Waals surface area contributed by atoms with Crippen LogP contribution in [0.15, 0.2) is 11.6 Å². The molecule has 3 aliphatic carbocycles. The Hall–Kier alpha value is -0.830. The van der Waals surface area contributed by atoms with Crippen LogP contribution in [0.3, 0.4) is 0 Å². The van der Waals surface area contributed by atoms with Gasteiger partial charge in [0.25, 0.3) is 0 Å². The van der Waals surface area contributed by atoms with Gasteiger partial charge in [0, 0.05) is 44.4 Å². The Balaban J connectivity index is 1.20. The van der Waals surface area contributed by atoms with Crippen LogP contribution in [-0.2, 0) is 33.2 Å².